The second-order valence-electron chi connectivity index (χ2n) is 5.68. The largest absolute Gasteiger partial charge is 0.240 e. The van der Waals surface area contributed by atoms with Crippen molar-refractivity contribution in [1.29, 1.82) is 0 Å². The van der Waals surface area contributed by atoms with Gasteiger partial charge in [-0.3, -0.25) is 0 Å². The predicted molar refractivity (Wildman–Crippen MR) is 110 cm³/mol. The maximum Gasteiger partial charge on any atom is 0.240 e. The van der Waals surface area contributed by atoms with Crippen LogP contribution >= 0.6 is 27.3 Å². The zero-order valence-corrected chi connectivity index (χ0v) is 18.0. The van der Waals surface area contributed by atoms with Crippen LogP contribution in [0.2, 0.25) is 0 Å². The Morgan fingerprint density at radius 3 is 2.15 bits per heavy atom. The molecule has 0 aliphatic carbocycles. The summed E-state index contributed by atoms with van der Waals surface area (Å²) in [6.45, 7) is -0.261. The number of benzene rings is 2. The fourth-order valence-corrected chi connectivity index (χ4v) is 6.81. The molecule has 1 atom stereocenters. The zero-order chi connectivity index (χ0) is 19.5. The van der Waals surface area contributed by atoms with Crippen molar-refractivity contribution in [1.82, 2.24) is 4.72 Å². The van der Waals surface area contributed by atoms with Gasteiger partial charge >= 0.3 is 0 Å². The van der Waals surface area contributed by atoms with Gasteiger partial charge in [-0.15, -0.1) is 11.3 Å². The van der Waals surface area contributed by atoms with Gasteiger partial charge in [0.25, 0.3) is 0 Å². The van der Waals surface area contributed by atoms with Gasteiger partial charge in [0.05, 0.1) is 4.90 Å². The van der Waals surface area contributed by atoms with Crippen molar-refractivity contribution in [2.24, 2.45) is 0 Å². The van der Waals surface area contributed by atoms with Crippen molar-refractivity contribution < 1.29 is 16.8 Å². The van der Waals surface area contributed by atoms with Gasteiger partial charge in [-0.05, 0) is 41.3 Å². The molecule has 0 saturated carbocycles. The Hall–Kier alpha value is -1.52. The molecule has 0 saturated heterocycles. The Labute approximate surface area is 171 Å². The smallest absolute Gasteiger partial charge is 0.222 e. The molecule has 1 unspecified atom stereocenters. The molecule has 27 heavy (non-hydrogen) atoms. The van der Waals surface area contributed by atoms with E-state index < -0.39 is 25.1 Å². The number of rotatable bonds is 7. The van der Waals surface area contributed by atoms with Crippen molar-refractivity contribution in [3.63, 3.8) is 0 Å². The highest BCUT2D eigenvalue weighted by Crippen LogP contribution is 2.31. The van der Waals surface area contributed by atoms with E-state index >= 15 is 0 Å². The van der Waals surface area contributed by atoms with Gasteiger partial charge in [0, 0.05) is 11.0 Å². The highest BCUT2D eigenvalue weighted by Gasteiger charge is 2.31. The summed E-state index contributed by atoms with van der Waals surface area (Å²) < 4.78 is 54.7. The van der Waals surface area contributed by atoms with E-state index in [1.54, 1.807) is 53.9 Å². The lowest BCUT2D eigenvalue weighted by molar-refractivity contribution is 0.570. The summed E-state index contributed by atoms with van der Waals surface area (Å²) in [4.78, 5) is 0.0750. The van der Waals surface area contributed by atoms with E-state index in [9.17, 15) is 16.8 Å². The summed E-state index contributed by atoms with van der Waals surface area (Å²) in [5, 5.41) is 0.656. The van der Waals surface area contributed by atoms with Crippen LogP contribution in [0.3, 0.4) is 0 Å². The fraction of sp³-hybridized carbons (Fsp3) is 0.111. The molecular formula is C18H16BrNO4S3. The topological polar surface area (TPSA) is 80.3 Å². The molecule has 3 rings (SSSR count). The molecule has 142 valence electrons. The summed E-state index contributed by atoms with van der Waals surface area (Å²) in [7, 11) is -7.58. The number of sulfone groups is 1. The lowest BCUT2D eigenvalue weighted by atomic mass is 10.1. The monoisotopic (exact) mass is 485 g/mol. The number of nitrogens with one attached hydrogen (secondary N) is 1. The van der Waals surface area contributed by atoms with E-state index in [-0.39, 0.29) is 15.6 Å². The average molecular weight is 486 g/mol. The first-order chi connectivity index (χ1) is 12.8. The Morgan fingerprint density at radius 2 is 1.56 bits per heavy atom. The molecule has 1 N–H and O–H groups in total. The van der Waals surface area contributed by atoms with Gasteiger partial charge in [-0.2, -0.15) is 0 Å². The first-order valence-electron chi connectivity index (χ1n) is 7.88. The minimum Gasteiger partial charge on any atom is -0.222 e. The van der Waals surface area contributed by atoms with Crippen molar-refractivity contribution in [3.8, 4) is 0 Å². The van der Waals surface area contributed by atoms with Crippen LogP contribution in [0.25, 0.3) is 0 Å². The van der Waals surface area contributed by atoms with Gasteiger partial charge in [0.15, 0.2) is 9.84 Å². The maximum absolute atomic E-state index is 13.1. The van der Waals surface area contributed by atoms with E-state index in [0.29, 0.717) is 5.56 Å². The number of thiophene rings is 1. The summed E-state index contributed by atoms with van der Waals surface area (Å²) >= 11 is 4.37. The lowest BCUT2D eigenvalue weighted by Gasteiger charge is -2.18. The fourth-order valence-electron chi connectivity index (χ4n) is 2.52. The van der Waals surface area contributed by atoms with E-state index in [1.165, 1.54) is 18.2 Å². The quantitative estimate of drug-likeness (QED) is 0.548. The Balaban J connectivity index is 1.92. The van der Waals surface area contributed by atoms with Crippen LogP contribution in [0.4, 0.5) is 0 Å². The molecule has 2 aromatic carbocycles. The molecule has 0 fully saturated rings. The first kappa shape index (κ1) is 20.2. The summed E-state index contributed by atoms with van der Waals surface area (Å²) in [6, 6.07) is 17.9. The molecule has 1 heterocycles. The molecule has 0 bridgehead atoms. The highest BCUT2D eigenvalue weighted by atomic mass is 79.9. The van der Waals surface area contributed by atoms with Gasteiger partial charge in [-0.1, -0.05) is 52.3 Å². The molecule has 0 spiro atoms. The molecular weight excluding hydrogens is 470 g/mol. The third kappa shape index (κ3) is 4.67. The molecule has 5 nitrogen and oxygen atoms in total. The van der Waals surface area contributed by atoms with Gasteiger partial charge in [0.2, 0.25) is 10.0 Å². The highest BCUT2D eigenvalue weighted by molar-refractivity contribution is 9.10. The second-order valence-corrected chi connectivity index (χ2v) is 11.7. The van der Waals surface area contributed by atoms with Crippen LogP contribution in [-0.4, -0.2) is 23.4 Å². The van der Waals surface area contributed by atoms with Gasteiger partial charge in [-0.25, -0.2) is 21.6 Å². The Morgan fingerprint density at radius 1 is 0.889 bits per heavy atom. The maximum atomic E-state index is 13.1. The van der Waals surface area contributed by atoms with Crippen LogP contribution in [-0.2, 0) is 19.9 Å². The third-order valence-electron chi connectivity index (χ3n) is 3.90. The number of hydrogen-bond acceptors (Lipinski definition) is 5. The van der Waals surface area contributed by atoms with E-state index in [1.807, 2.05) is 0 Å². The second kappa shape index (κ2) is 8.24. The SMILES string of the molecule is O=S(=O)(NCC(c1ccccc1)S(=O)(=O)c1cccs1)c1ccc(Br)cc1. The number of halogens is 1. The van der Waals surface area contributed by atoms with Crippen molar-refractivity contribution in [3.05, 3.63) is 82.1 Å². The third-order valence-corrected chi connectivity index (χ3v) is 9.40. The minimum absolute atomic E-state index is 0.0750. The molecule has 0 radical (unpaired) electrons. The van der Waals surface area contributed by atoms with Crippen LogP contribution in [0.5, 0.6) is 0 Å². The zero-order valence-electron chi connectivity index (χ0n) is 13.9. The number of hydrogen-bond donors (Lipinski definition) is 1. The molecule has 0 aliphatic heterocycles. The van der Waals surface area contributed by atoms with E-state index in [0.717, 1.165) is 15.8 Å². The van der Waals surface area contributed by atoms with Crippen LogP contribution < -0.4 is 4.72 Å². The minimum atomic E-state index is -3.84. The Bertz CT molecular complexity index is 1100. The first-order valence-corrected chi connectivity index (χ1v) is 12.6. The molecule has 0 aliphatic rings. The van der Waals surface area contributed by atoms with E-state index in [2.05, 4.69) is 20.7 Å². The van der Waals surface area contributed by atoms with Gasteiger partial charge in [0.1, 0.15) is 9.46 Å². The Kier molecular flexibility index (Phi) is 6.17. The van der Waals surface area contributed by atoms with Crippen LogP contribution in [0.1, 0.15) is 10.8 Å². The standard InChI is InChI=1S/C18H16BrNO4S3/c19-15-8-10-16(11-9-15)27(23,24)20-13-17(14-5-2-1-3-6-14)26(21,22)18-7-4-12-25-18/h1-12,17,20H,13H2. The lowest BCUT2D eigenvalue weighted by Crippen LogP contribution is -2.31. The molecule has 0 amide bonds. The van der Waals surface area contributed by atoms with Crippen molar-refractivity contribution in [2.45, 2.75) is 14.4 Å². The van der Waals surface area contributed by atoms with Crippen molar-refractivity contribution in [2.75, 3.05) is 6.54 Å². The van der Waals surface area contributed by atoms with Crippen LogP contribution in [0, 0.1) is 0 Å². The van der Waals surface area contributed by atoms with E-state index in [4.69, 9.17) is 0 Å². The summed E-state index contributed by atoms with van der Waals surface area (Å²) in [5.41, 5.74) is 0.532. The molecule has 1 aromatic heterocycles. The van der Waals surface area contributed by atoms with Gasteiger partial charge < -0.3 is 0 Å². The number of sulfonamides is 1. The summed E-state index contributed by atoms with van der Waals surface area (Å²) in [5.74, 6) is 0. The normalized spacial score (nSPS) is 13.4. The molecule has 3 aromatic rings. The average Bonchev–Trinajstić information content (AvgIpc) is 3.18. The van der Waals surface area contributed by atoms with Crippen LogP contribution in [0.15, 0.2) is 85.7 Å². The summed E-state index contributed by atoms with van der Waals surface area (Å²) in [6.07, 6.45) is 0. The molecule has 9 heteroatoms. The predicted octanol–water partition coefficient (Wildman–Crippen LogP) is 4.00. The van der Waals surface area contributed by atoms with Crippen molar-refractivity contribution >= 4 is 47.1 Å².